The number of aryl methyl sites for hydroxylation is 1. The van der Waals surface area contributed by atoms with Gasteiger partial charge in [0, 0.05) is 32.5 Å². The van der Waals surface area contributed by atoms with Gasteiger partial charge in [-0.15, -0.1) is 0 Å². The van der Waals surface area contributed by atoms with Crippen LogP contribution in [0.5, 0.6) is 11.5 Å². The van der Waals surface area contributed by atoms with Crippen molar-refractivity contribution in [1.82, 2.24) is 29.7 Å². The van der Waals surface area contributed by atoms with Crippen LogP contribution in [0.15, 0.2) is 53.4 Å². The number of hydrogen-bond acceptors (Lipinski definition) is 6. The summed E-state index contributed by atoms with van der Waals surface area (Å²) in [5.74, 6) is 2.28. The number of rotatable bonds is 8. The van der Waals surface area contributed by atoms with E-state index in [1.807, 2.05) is 37.3 Å². The number of fused-ring (bicyclic) bond motifs is 2. The van der Waals surface area contributed by atoms with E-state index >= 15 is 0 Å². The first-order valence-corrected chi connectivity index (χ1v) is 16.0. The van der Waals surface area contributed by atoms with Crippen molar-refractivity contribution in [2.75, 3.05) is 6.61 Å². The van der Waals surface area contributed by atoms with Gasteiger partial charge in [-0.25, -0.2) is 9.97 Å². The Morgan fingerprint density at radius 3 is 2.66 bits per heavy atom. The third-order valence-corrected chi connectivity index (χ3v) is 8.24. The Morgan fingerprint density at radius 2 is 1.89 bits per heavy atom. The van der Waals surface area contributed by atoms with Gasteiger partial charge in [0.15, 0.2) is 0 Å². The lowest BCUT2D eigenvalue weighted by molar-refractivity contribution is 0.0885. The second kappa shape index (κ2) is 9.52. The molecule has 0 aliphatic carbocycles. The summed E-state index contributed by atoms with van der Waals surface area (Å²) in [7, 11) is -1.13. The van der Waals surface area contributed by atoms with Crippen molar-refractivity contribution in [2.45, 2.75) is 39.3 Å². The Labute approximate surface area is 212 Å². The van der Waals surface area contributed by atoms with Crippen LogP contribution in [0.4, 0.5) is 0 Å². The molecule has 35 heavy (non-hydrogen) atoms. The van der Waals surface area contributed by atoms with Gasteiger partial charge >= 0.3 is 0 Å². The first-order valence-electron chi connectivity index (χ1n) is 11.5. The standard InChI is InChI=1S/C25H27BrN6O2Si/c1-16-30-19-6-5-18(11-22(19)32(16)15-33-9-10-35(2,3)4)34-23-8-7-20-25(24(23)26)31-21(14-27-20)17-12-28-29-13-17/h5-8,11-14H,9-10,15H2,1-4H3,(H,28,29). The number of aromatic amines is 1. The number of halogens is 1. The van der Waals surface area contributed by atoms with Crippen molar-refractivity contribution >= 4 is 46.1 Å². The number of ether oxygens (including phenoxy) is 2. The molecule has 0 unspecified atom stereocenters. The van der Waals surface area contributed by atoms with E-state index in [1.54, 1.807) is 18.6 Å². The fraction of sp³-hybridized carbons (Fsp3) is 0.280. The van der Waals surface area contributed by atoms with E-state index in [0.29, 0.717) is 18.2 Å². The fourth-order valence-electron chi connectivity index (χ4n) is 3.75. The SMILES string of the molecule is Cc1nc2ccc(Oc3ccc4ncc(-c5cn[nH]c5)nc4c3Br)cc2n1COCC[Si](C)(C)C. The van der Waals surface area contributed by atoms with E-state index in [1.165, 1.54) is 0 Å². The second-order valence-corrected chi connectivity index (χ2v) is 16.1. The summed E-state index contributed by atoms with van der Waals surface area (Å²) in [6.07, 6.45) is 5.25. The highest BCUT2D eigenvalue weighted by molar-refractivity contribution is 9.10. The maximum absolute atomic E-state index is 6.28. The van der Waals surface area contributed by atoms with Gasteiger partial charge in [-0.05, 0) is 53.2 Å². The van der Waals surface area contributed by atoms with Crippen LogP contribution in [0.25, 0.3) is 33.3 Å². The van der Waals surface area contributed by atoms with E-state index in [4.69, 9.17) is 14.5 Å². The zero-order valence-corrected chi connectivity index (χ0v) is 22.8. The summed E-state index contributed by atoms with van der Waals surface area (Å²) in [5, 5.41) is 6.81. The number of aromatic nitrogens is 6. The summed E-state index contributed by atoms with van der Waals surface area (Å²) in [5.41, 5.74) is 5.00. The summed E-state index contributed by atoms with van der Waals surface area (Å²) in [6.45, 7) is 10.3. The van der Waals surface area contributed by atoms with Gasteiger partial charge < -0.3 is 14.0 Å². The lowest BCUT2D eigenvalue weighted by Gasteiger charge is -2.16. The van der Waals surface area contributed by atoms with Crippen molar-refractivity contribution in [3.63, 3.8) is 0 Å². The van der Waals surface area contributed by atoms with Crippen LogP contribution in [0.2, 0.25) is 25.7 Å². The minimum atomic E-state index is -1.13. The smallest absolute Gasteiger partial charge is 0.143 e. The molecule has 3 heterocycles. The predicted molar refractivity (Wildman–Crippen MR) is 143 cm³/mol. The summed E-state index contributed by atoms with van der Waals surface area (Å²) < 4.78 is 15.1. The zero-order chi connectivity index (χ0) is 24.6. The average molecular weight is 552 g/mol. The normalized spacial score (nSPS) is 12.0. The molecule has 1 N–H and O–H groups in total. The minimum Gasteiger partial charge on any atom is -0.456 e. The number of nitrogens with zero attached hydrogens (tertiary/aromatic N) is 5. The molecule has 2 aromatic carbocycles. The Kier molecular flexibility index (Phi) is 6.43. The van der Waals surface area contributed by atoms with Gasteiger partial charge in [-0.2, -0.15) is 5.10 Å². The third-order valence-electron chi connectivity index (χ3n) is 5.77. The van der Waals surface area contributed by atoms with Gasteiger partial charge in [0.2, 0.25) is 0 Å². The van der Waals surface area contributed by atoms with Gasteiger partial charge in [0.05, 0.1) is 39.1 Å². The molecule has 0 atom stereocenters. The maximum Gasteiger partial charge on any atom is 0.143 e. The predicted octanol–water partition coefficient (Wildman–Crippen LogP) is 6.55. The molecule has 10 heteroatoms. The lowest BCUT2D eigenvalue weighted by Crippen LogP contribution is -2.22. The molecule has 5 aromatic rings. The monoisotopic (exact) mass is 550 g/mol. The van der Waals surface area contributed by atoms with Crippen LogP contribution in [0, 0.1) is 6.92 Å². The van der Waals surface area contributed by atoms with Crippen LogP contribution in [-0.2, 0) is 11.5 Å². The average Bonchev–Trinajstić information content (AvgIpc) is 3.46. The molecule has 0 aliphatic rings. The summed E-state index contributed by atoms with van der Waals surface area (Å²) in [4.78, 5) is 14.0. The number of nitrogens with one attached hydrogen (secondary N) is 1. The molecule has 180 valence electrons. The first-order chi connectivity index (χ1) is 16.8. The van der Waals surface area contributed by atoms with Crippen molar-refractivity contribution in [1.29, 1.82) is 0 Å². The molecule has 8 nitrogen and oxygen atoms in total. The first kappa shape index (κ1) is 23.6. The van der Waals surface area contributed by atoms with E-state index in [-0.39, 0.29) is 0 Å². The van der Waals surface area contributed by atoms with Crippen LogP contribution in [0.3, 0.4) is 0 Å². The molecule has 0 saturated carbocycles. The van der Waals surface area contributed by atoms with Gasteiger partial charge in [-0.3, -0.25) is 10.1 Å². The fourth-order valence-corrected chi connectivity index (χ4v) is 5.01. The summed E-state index contributed by atoms with van der Waals surface area (Å²) in [6, 6.07) is 10.8. The molecule has 0 saturated heterocycles. The van der Waals surface area contributed by atoms with Gasteiger partial charge in [0.1, 0.15) is 29.6 Å². The molecule has 0 aliphatic heterocycles. The van der Waals surface area contributed by atoms with E-state index < -0.39 is 8.07 Å². The Hall–Kier alpha value is -3.08. The molecule has 0 bridgehead atoms. The van der Waals surface area contributed by atoms with Crippen molar-refractivity contribution in [2.24, 2.45) is 0 Å². The lowest BCUT2D eigenvalue weighted by atomic mass is 10.2. The Morgan fingerprint density at radius 1 is 1.06 bits per heavy atom. The second-order valence-electron chi connectivity index (χ2n) is 9.68. The van der Waals surface area contributed by atoms with Crippen molar-refractivity contribution in [3.05, 3.63) is 59.2 Å². The summed E-state index contributed by atoms with van der Waals surface area (Å²) >= 11 is 3.68. The third kappa shape index (κ3) is 5.14. The Balaban J connectivity index is 1.41. The highest BCUT2D eigenvalue weighted by atomic mass is 79.9. The Bertz CT molecular complexity index is 1490. The zero-order valence-electron chi connectivity index (χ0n) is 20.2. The number of H-pyrrole nitrogens is 1. The maximum atomic E-state index is 6.28. The largest absolute Gasteiger partial charge is 0.456 e. The van der Waals surface area contributed by atoms with Crippen LogP contribution in [-0.4, -0.2) is 44.4 Å². The number of hydrogen-bond donors (Lipinski definition) is 1. The molecule has 0 fully saturated rings. The highest BCUT2D eigenvalue weighted by Gasteiger charge is 2.15. The van der Waals surface area contributed by atoms with Crippen molar-refractivity contribution < 1.29 is 9.47 Å². The number of benzene rings is 2. The number of imidazole rings is 1. The van der Waals surface area contributed by atoms with E-state index in [2.05, 4.69) is 60.3 Å². The van der Waals surface area contributed by atoms with Gasteiger partial charge in [-0.1, -0.05) is 19.6 Å². The van der Waals surface area contributed by atoms with E-state index in [0.717, 1.165) is 56.3 Å². The molecule has 0 amide bonds. The molecule has 0 spiro atoms. The topological polar surface area (TPSA) is 90.7 Å². The molecular formula is C25H27BrN6O2Si. The quantitative estimate of drug-likeness (QED) is 0.174. The molecule has 3 aromatic heterocycles. The molecular weight excluding hydrogens is 524 g/mol. The minimum absolute atomic E-state index is 0.475. The molecule has 0 radical (unpaired) electrons. The molecule has 5 rings (SSSR count). The van der Waals surface area contributed by atoms with Gasteiger partial charge in [0.25, 0.3) is 0 Å². The van der Waals surface area contributed by atoms with Crippen LogP contribution in [0.1, 0.15) is 5.82 Å². The van der Waals surface area contributed by atoms with Crippen LogP contribution < -0.4 is 4.74 Å². The van der Waals surface area contributed by atoms with E-state index in [9.17, 15) is 0 Å². The van der Waals surface area contributed by atoms with Crippen LogP contribution >= 0.6 is 15.9 Å². The highest BCUT2D eigenvalue weighted by Crippen LogP contribution is 2.36. The van der Waals surface area contributed by atoms with Crippen molar-refractivity contribution in [3.8, 4) is 22.8 Å².